The van der Waals surface area contributed by atoms with Crippen LogP contribution < -0.4 is 5.32 Å². The molecule has 0 aliphatic carbocycles. The van der Waals surface area contributed by atoms with Crippen LogP contribution in [0.4, 0.5) is 4.79 Å². The fraction of sp³-hybridized carbons (Fsp3) is 0.444. The predicted octanol–water partition coefficient (Wildman–Crippen LogP) is 2.53. The van der Waals surface area contributed by atoms with Gasteiger partial charge in [-0.25, -0.2) is 4.79 Å². The minimum absolute atomic E-state index is 0.183. The Morgan fingerprint density at radius 3 is 2.83 bits per heavy atom. The largest absolute Gasteiger partial charge is 0.481 e. The number of fused-ring (bicyclic) bond motifs is 1. The number of hydrogen-bond donors (Lipinski definition) is 3. The molecule has 2 aromatic rings. The molecule has 0 bridgehead atoms. The topological polar surface area (TPSA) is 85.4 Å². The van der Waals surface area contributed by atoms with Crippen LogP contribution in [0.15, 0.2) is 24.3 Å². The Morgan fingerprint density at radius 2 is 2.12 bits per heavy atom. The number of amides is 2. The first-order chi connectivity index (χ1) is 11.4. The molecule has 6 heteroatoms. The van der Waals surface area contributed by atoms with Crippen LogP contribution in [0.2, 0.25) is 0 Å². The quantitative estimate of drug-likeness (QED) is 0.806. The molecule has 6 nitrogen and oxygen atoms in total. The number of aromatic amines is 1. The van der Waals surface area contributed by atoms with Crippen LogP contribution in [-0.2, 0) is 11.2 Å². The number of carbonyl (C=O) groups is 2. The van der Waals surface area contributed by atoms with Crippen molar-refractivity contribution in [2.24, 2.45) is 5.41 Å². The van der Waals surface area contributed by atoms with Crippen molar-refractivity contribution in [1.82, 2.24) is 15.2 Å². The maximum Gasteiger partial charge on any atom is 0.317 e. The number of urea groups is 1. The van der Waals surface area contributed by atoms with Crippen LogP contribution in [0, 0.1) is 12.3 Å². The number of H-pyrrole nitrogens is 1. The van der Waals surface area contributed by atoms with E-state index in [4.69, 9.17) is 0 Å². The van der Waals surface area contributed by atoms with Crippen LogP contribution in [0.25, 0.3) is 10.9 Å². The summed E-state index contributed by atoms with van der Waals surface area (Å²) in [7, 11) is 0. The van der Waals surface area contributed by atoms with Gasteiger partial charge in [-0.2, -0.15) is 0 Å². The van der Waals surface area contributed by atoms with Crippen molar-refractivity contribution in [1.29, 1.82) is 0 Å². The van der Waals surface area contributed by atoms with Crippen molar-refractivity contribution in [2.75, 3.05) is 19.6 Å². The molecule has 0 saturated carbocycles. The Kier molecular flexibility index (Phi) is 4.22. The summed E-state index contributed by atoms with van der Waals surface area (Å²) in [6, 6.07) is 7.94. The van der Waals surface area contributed by atoms with Crippen LogP contribution >= 0.6 is 0 Å². The fourth-order valence-corrected chi connectivity index (χ4v) is 3.37. The van der Waals surface area contributed by atoms with E-state index in [1.54, 1.807) is 11.8 Å². The Morgan fingerprint density at radius 1 is 1.38 bits per heavy atom. The van der Waals surface area contributed by atoms with E-state index < -0.39 is 11.4 Å². The van der Waals surface area contributed by atoms with Crippen molar-refractivity contribution in [2.45, 2.75) is 26.7 Å². The normalized spacial score (nSPS) is 20.5. The highest BCUT2D eigenvalue weighted by Crippen LogP contribution is 2.30. The Balaban J connectivity index is 1.58. The zero-order valence-electron chi connectivity index (χ0n) is 14.1. The molecule has 1 saturated heterocycles. The summed E-state index contributed by atoms with van der Waals surface area (Å²) >= 11 is 0. The first-order valence-electron chi connectivity index (χ1n) is 8.23. The lowest BCUT2D eigenvalue weighted by atomic mass is 9.90. The van der Waals surface area contributed by atoms with Crippen molar-refractivity contribution >= 4 is 22.9 Å². The molecule has 1 aliphatic rings. The second kappa shape index (κ2) is 6.19. The van der Waals surface area contributed by atoms with E-state index in [-0.39, 0.29) is 12.6 Å². The molecule has 24 heavy (non-hydrogen) atoms. The lowest BCUT2D eigenvalue weighted by molar-refractivity contribution is -0.146. The van der Waals surface area contributed by atoms with Gasteiger partial charge in [0.05, 0.1) is 5.41 Å². The lowest BCUT2D eigenvalue weighted by Gasteiger charge is -2.20. The third-order valence-electron chi connectivity index (χ3n) is 4.96. The molecule has 1 fully saturated rings. The molecule has 1 aromatic heterocycles. The maximum absolute atomic E-state index is 12.2. The van der Waals surface area contributed by atoms with Crippen LogP contribution in [0.3, 0.4) is 0 Å². The number of nitrogens with zero attached hydrogens (tertiary/aromatic N) is 1. The third kappa shape index (κ3) is 2.96. The number of aryl methyl sites for hydroxylation is 1. The highest BCUT2D eigenvalue weighted by Gasteiger charge is 2.42. The minimum Gasteiger partial charge on any atom is -0.481 e. The van der Waals surface area contributed by atoms with Gasteiger partial charge in [0.15, 0.2) is 0 Å². The molecule has 0 spiro atoms. The molecule has 1 aliphatic heterocycles. The SMILES string of the molecule is Cc1[nH]c2ccccc2c1CCNC(=O)N1CCC(C)(C(=O)O)C1. The van der Waals surface area contributed by atoms with E-state index in [0.717, 1.165) is 17.6 Å². The minimum atomic E-state index is -0.841. The molecule has 128 valence electrons. The van der Waals surface area contributed by atoms with Gasteiger partial charge in [-0.15, -0.1) is 0 Å². The number of carboxylic acid groups (broad SMARTS) is 1. The molecule has 2 heterocycles. The van der Waals surface area contributed by atoms with Crippen LogP contribution in [0.1, 0.15) is 24.6 Å². The zero-order valence-corrected chi connectivity index (χ0v) is 14.1. The van der Waals surface area contributed by atoms with Gasteiger partial charge in [0.1, 0.15) is 0 Å². The van der Waals surface area contributed by atoms with Gasteiger partial charge in [0, 0.05) is 36.2 Å². The second-order valence-electron chi connectivity index (χ2n) is 6.79. The molecule has 3 rings (SSSR count). The fourth-order valence-electron chi connectivity index (χ4n) is 3.37. The molecule has 3 N–H and O–H groups in total. The highest BCUT2D eigenvalue weighted by atomic mass is 16.4. The predicted molar refractivity (Wildman–Crippen MR) is 92.1 cm³/mol. The van der Waals surface area contributed by atoms with E-state index in [1.165, 1.54) is 10.9 Å². The van der Waals surface area contributed by atoms with Crippen LogP contribution in [-0.4, -0.2) is 46.6 Å². The van der Waals surface area contributed by atoms with Crippen molar-refractivity contribution in [3.63, 3.8) is 0 Å². The summed E-state index contributed by atoms with van der Waals surface area (Å²) in [6.45, 7) is 5.01. The number of carbonyl (C=O) groups excluding carboxylic acids is 1. The van der Waals surface area contributed by atoms with Gasteiger partial charge in [-0.3, -0.25) is 4.79 Å². The third-order valence-corrected chi connectivity index (χ3v) is 4.96. The maximum atomic E-state index is 12.2. The first kappa shape index (κ1) is 16.4. The van der Waals surface area contributed by atoms with Gasteiger partial charge in [-0.05, 0) is 38.3 Å². The van der Waals surface area contributed by atoms with Crippen LogP contribution in [0.5, 0.6) is 0 Å². The summed E-state index contributed by atoms with van der Waals surface area (Å²) in [5, 5.41) is 13.3. The standard InChI is InChI=1S/C18H23N3O3/c1-12-13(14-5-3-4-6-15(14)20-12)7-9-19-17(24)21-10-8-18(2,11-21)16(22)23/h3-6,20H,7-11H2,1-2H3,(H,19,24)(H,22,23). The van der Waals surface area contributed by atoms with E-state index in [9.17, 15) is 14.7 Å². The first-order valence-corrected chi connectivity index (χ1v) is 8.23. The molecular weight excluding hydrogens is 306 g/mol. The Hall–Kier alpha value is -2.50. The zero-order chi connectivity index (χ0) is 17.3. The summed E-state index contributed by atoms with van der Waals surface area (Å²) in [5.74, 6) is -0.841. The average molecular weight is 329 g/mol. The summed E-state index contributed by atoms with van der Waals surface area (Å²) in [5.41, 5.74) is 2.60. The van der Waals surface area contributed by atoms with Crippen molar-refractivity contribution in [3.8, 4) is 0 Å². The summed E-state index contributed by atoms with van der Waals surface area (Å²) in [4.78, 5) is 28.5. The molecule has 1 aromatic carbocycles. The summed E-state index contributed by atoms with van der Waals surface area (Å²) < 4.78 is 0. The number of hydrogen-bond acceptors (Lipinski definition) is 2. The average Bonchev–Trinajstić information content (AvgIpc) is 3.09. The van der Waals surface area contributed by atoms with Gasteiger partial charge in [0.2, 0.25) is 0 Å². The Bertz CT molecular complexity index is 783. The van der Waals surface area contributed by atoms with Gasteiger partial charge in [-0.1, -0.05) is 18.2 Å². The number of rotatable bonds is 4. The number of benzene rings is 1. The van der Waals surface area contributed by atoms with Gasteiger partial charge in [0.25, 0.3) is 0 Å². The molecular formula is C18H23N3O3. The smallest absolute Gasteiger partial charge is 0.317 e. The highest BCUT2D eigenvalue weighted by molar-refractivity contribution is 5.84. The number of aromatic nitrogens is 1. The number of nitrogens with one attached hydrogen (secondary N) is 2. The van der Waals surface area contributed by atoms with E-state index in [1.807, 2.05) is 25.1 Å². The van der Waals surface area contributed by atoms with Gasteiger partial charge >= 0.3 is 12.0 Å². The molecule has 2 amide bonds. The Labute approximate surface area is 140 Å². The number of para-hydroxylation sites is 1. The van der Waals surface area contributed by atoms with E-state index in [2.05, 4.69) is 16.4 Å². The van der Waals surface area contributed by atoms with E-state index >= 15 is 0 Å². The molecule has 1 atom stereocenters. The number of aliphatic carboxylic acids is 1. The monoisotopic (exact) mass is 329 g/mol. The lowest BCUT2D eigenvalue weighted by Crippen LogP contribution is -2.41. The molecule has 0 radical (unpaired) electrons. The van der Waals surface area contributed by atoms with Crippen molar-refractivity contribution in [3.05, 3.63) is 35.5 Å². The second-order valence-corrected chi connectivity index (χ2v) is 6.79. The summed E-state index contributed by atoms with van der Waals surface area (Å²) in [6.07, 6.45) is 1.24. The number of likely N-dealkylation sites (tertiary alicyclic amines) is 1. The van der Waals surface area contributed by atoms with Gasteiger partial charge < -0.3 is 20.3 Å². The number of carboxylic acids is 1. The molecule has 1 unspecified atom stereocenters. The van der Waals surface area contributed by atoms with Crippen molar-refractivity contribution < 1.29 is 14.7 Å². The van der Waals surface area contributed by atoms with E-state index in [0.29, 0.717) is 19.5 Å².